The van der Waals surface area contributed by atoms with Crippen LogP contribution in [-0.4, -0.2) is 19.0 Å². The van der Waals surface area contributed by atoms with Crippen LogP contribution in [0.1, 0.15) is 31.4 Å². The van der Waals surface area contributed by atoms with Crippen LogP contribution in [0.4, 0.5) is 4.39 Å². The highest BCUT2D eigenvalue weighted by molar-refractivity contribution is 6.36. The van der Waals surface area contributed by atoms with Gasteiger partial charge >= 0.3 is 0 Å². The van der Waals surface area contributed by atoms with Crippen molar-refractivity contribution in [3.05, 3.63) is 33.6 Å². The zero-order chi connectivity index (χ0) is 14.7. The number of hydrogen-bond donors (Lipinski definition) is 2. The molecule has 0 radical (unpaired) electrons. The lowest BCUT2D eigenvalue weighted by Crippen LogP contribution is -2.33. The fourth-order valence-corrected chi connectivity index (χ4v) is 2.70. The molecule has 6 heteroatoms. The first-order chi connectivity index (χ1) is 9.50. The molecule has 110 valence electrons. The van der Waals surface area contributed by atoms with E-state index < -0.39 is 5.82 Å². The van der Waals surface area contributed by atoms with Crippen LogP contribution in [0, 0.1) is 11.7 Å². The Kier molecular flexibility index (Phi) is 5.24. The van der Waals surface area contributed by atoms with Crippen molar-refractivity contribution < 1.29 is 9.18 Å². The summed E-state index contributed by atoms with van der Waals surface area (Å²) < 4.78 is 13.4. The number of carbonyl (C=O) groups is 1. The van der Waals surface area contributed by atoms with E-state index in [2.05, 4.69) is 10.6 Å². The van der Waals surface area contributed by atoms with Crippen molar-refractivity contribution in [2.24, 2.45) is 5.92 Å². The quantitative estimate of drug-likeness (QED) is 0.624. The lowest BCUT2D eigenvalue weighted by atomic mass is 10.1. The zero-order valence-electron chi connectivity index (χ0n) is 11.2. The van der Waals surface area contributed by atoms with E-state index in [0.29, 0.717) is 23.7 Å². The van der Waals surface area contributed by atoms with E-state index in [1.165, 1.54) is 12.1 Å². The summed E-state index contributed by atoms with van der Waals surface area (Å²) in [4.78, 5) is 11.4. The number of benzene rings is 1. The van der Waals surface area contributed by atoms with Gasteiger partial charge in [-0.2, -0.15) is 0 Å². The maximum absolute atomic E-state index is 13.4. The van der Waals surface area contributed by atoms with E-state index in [0.717, 1.165) is 12.8 Å². The molecule has 3 nitrogen and oxygen atoms in total. The van der Waals surface area contributed by atoms with Gasteiger partial charge < -0.3 is 10.6 Å². The van der Waals surface area contributed by atoms with Crippen molar-refractivity contribution in [2.75, 3.05) is 13.1 Å². The highest BCUT2D eigenvalue weighted by Crippen LogP contribution is 2.32. The number of rotatable bonds is 6. The van der Waals surface area contributed by atoms with E-state index >= 15 is 0 Å². The first-order valence-electron chi connectivity index (χ1n) is 6.65. The zero-order valence-corrected chi connectivity index (χ0v) is 12.7. The predicted molar refractivity (Wildman–Crippen MR) is 78.6 cm³/mol. The summed E-state index contributed by atoms with van der Waals surface area (Å²) in [5, 5.41) is 6.49. The molecule has 1 atom stereocenters. The van der Waals surface area contributed by atoms with Crippen LogP contribution in [0.25, 0.3) is 0 Å². The molecule has 2 N–H and O–H groups in total. The van der Waals surface area contributed by atoms with Crippen LogP contribution in [0.5, 0.6) is 0 Å². The average molecular weight is 319 g/mol. The van der Waals surface area contributed by atoms with Crippen molar-refractivity contribution in [1.82, 2.24) is 10.6 Å². The van der Waals surface area contributed by atoms with Crippen molar-refractivity contribution in [2.45, 2.75) is 25.8 Å². The smallest absolute Gasteiger partial charge is 0.223 e. The molecule has 0 spiro atoms. The van der Waals surface area contributed by atoms with Crippen molar-refractivity contribution in [3.63, 3.8) is 0 Å². The third-order valence-electron chi connectivity index (χ3n) is 3.34. The molecule has 2 rings (SSSR count). The first kappa shape index (κ1) is 15.5. The minimum absolute atomic E-state index is 0.0412. The third-order valence-corrected chi connectivity index (χ3v) is 4.05. The molecule has 1 aromatic carbocycles. The maximum atomic E-state index is 13.4. The van der Waals surface area contributed by atoms with Crippen LogP contribution in [0.2, 0.25) is 10.0 Å². The summed E-state index contributed by atoms with van der Waals surface area (Å²) in [6.07, 6.45) is 1.98. The van der Waals surface area contributed by atoms with Crippen LogP contribution in [-0.2, 0) is 4.79 Å². The molecule has 1 fully saturated rings. The highest BCUT2D eigenvalue weighted by atomic mass is 35.5. The van der Waals surface area contributed by atoms with Gasteiger partial charge in [-0.1, -0.05) is 23.2 Å². The molecule has 1 aliphatic carbocycles. The molecular formula is C14H17Cl2FN2O. The second kappa shape index (κ2) is 6.74. The normalized spacial score (nSPS) is 16.0. The van der Waals surface area contributed by atoms with E-state index in [4.69, 9.17) is 23.2 Å². The van der Waals surface area contributed by atoms with E-state index in [-0.39, 0.29) is 22.9 Å². The first-order valence-corrected chi connectivity index (χ1v) is 7.40. The summed E-state index contributed by atoms with van der Waals surface area (Å²) in [7, 11) is 0. The minimum Gasteiger partial charge on any atom is -0.355 e. The van der Waals surface area contributed by atoms with Gasteiger partial charge in [-0.25, -0.2) is 4.39 Å². The Morgan fingerprint density at radius 2 is 2.10 bits per heavy atom. The molecule has 1 aliphatic rings. The average Bonchev–Trinajstić information content (AvgIpc) is 3.23. The summed E-state index contributed by atoms with van der Waals surface area (Å²) >= 11 is 12.0. The van der Waals surface area contributed by atoms with Gasteiger partial charge in [0.1, 0.15) is 5.82 Å². The number of hydrogen-bond acceptors (Lipinski definition) is 2. The molecular weight excluding hydrogens is 302 g/mol. The Morgan fingerprint density at radius 3 is 2.75 bits per heavy atom. The molecule has 0 heterocycles. The van der Waals surface area contributed by atoms with Gasteiger partial charge in [0, 0.05) is 35.6 Å². The Hall–Kier alpha value is -0.840. The summed E-state index contributed by atoms with van der Waals surface area (Å²) in [5.41, 5.74) is 0.543. The van der Waals surface area contributed by atoms with Crippen LogP contribution >= 0.6 is 23.2 Å². The number of nitrogens with one attached hydrogen (secondary N) is 2. The highest BCUT2D eigenvalue weighted by Gasteiger charge is 2.29. The standard InChI is InChI=1S/C14H17Cl2FN2O/c1-8(12-10(15)4-5-11(17)13(12)16)18-6-7-19-14(20)9-2-3-9/h4-5,8-9,18H,2-3,6-7H2,1H3,(H,19,20). The third kappa shape index (κ3) is 3.84. The van der Waals surface area contributed by atoms with Crippen LogP contribution < -0.4 is 10.6 Å². The van der Waals surface area contributed by atoms with Crippen molar-refractivity contribution in [3.8, 4) is 0 Å². The Morgan fingerprint density at radius 1 is 1.40 bits per heavy atom. The molecule has 1 aromatic rings. The maximum Gasteiger partial charge on any atom is 0.223 e. The molecule has 0 aliphatic heterocycles. The lowest BCUT2D eigenvalue weighted by molar-refractivity contribution is -0.122. The van der Waals surface area contributed by atoms with E-state index in [1.54, 1.807) is 0 Å². The molecule has 0 saturated heterocycles. The van der Waals surface area contributed by atoms with E-state index in [1.807, 2.05) is 6.92 Å². The molecule has 20 heavy (non-hydrogen) atoms. The number of halogens is 3. The van der Waals surface area contributed by atoms with Gasteiger partial charge in [0.05, 0.1) is 5.02 Å². The molecule has 0 aromatic heterocycles. The van der Waals surface area contributed by atoms with Gasteiger partial charge in [-0.3, -0.25) is 4.79 Å². The van der Waals surface area contributed by atoms with Crippen LogP contribution in [0.15, 0.2) is 12.1 Å². The van der Waals surface area contributed by atoms with Crippen molar-refractivity contribution in [1.29, 1.82) is 0 Å². The monoisotopic (exact) mass is 318 g/mol. The Balaban J connectivity index is 1.83. The van der Waals surface area contributed by atoms with Gasteiger partial charge in [-0.15, -0.1) is 0 Å². The summed E-state index contributed by atoms with van der Waals surface area (Å²) in [6, 6.07) is 2.55. The molecule has 1 amide bonds. The van der Waals surface area contributed by atoms with Crippen molar-refractivity contribution >= 4 is 29.1 Å². The summed E-state index contributed by atoms with van der Waals surface area (Å²) in [5.74, 6) is -0.164. The second-order valence-corrected chi connectivity index (χ2v) is 5.78. The fourth-order valence-electron chi connectivity index (χ4n) is 2.01. The largest absolute Gasteiger partial charge is 0.355 e. The van der Waals surface area contributed by atoms with Gasteiger partial charge in [0.2, 0.25) is 5.91 Å². The topological polar surface area (TPSA) is 41.1 Å². The number of carbonyl (C=O) groups excluding carboxylic acids is 1. The number of amides is 1. The SMILES string of the molecule is CC(NCCNC(=O)C1CC1)c1c(Cl)ccc(F)c1Cl. The van der Waals surface area contributed by atoms with Gasteiger partial charge in [0.25, 0.3) is 0 Å². The molecule has 0 bridgehead atoms. The predicted octanol–water partition coefficient (Wildman–Crippen LogP) is 3.31. The lowest BCUT2D eigenvalue weighted by Gasteiger charge is -2.17. The Bertz CT molecular complexity index is 506. The molecule has 1 unspecified atom stereocenters. The molecule has 1 saturated carbocycles. The second-order valence-electron chi connectivity index (χ2n) is 5.00. The van der Waals surface area contributed by atoms with Gasteiger partial charge in [-0.05, 0) is 31.9 Å². The fraction of sp³-hybridized carbons (Fsp3) is 0.500. The summed E-state index contributed by atoms with van der Waals surface area (Å²) in [6.45, 7) is 2.96. The minimum atomic E-state index is -0.484. The van der Waals surface area contributed by atoms with Crippen LogP contribution in [0.3, 0.4) is 0 Å². The Labute approximate surface area is 127 Å². The van der Waals surface area contributed by atoms with Gasteiger partial charge in [0.15, 0.2) is 0 Å². The van der Waals surface area contributed by atoms with E-state index in [9.17, 15) is 9.18 Å².